The molecule has 1 aliphatic heterocycles. The first-order chi connectivity index (χ1) is 12.5. The zero-order chi connectivity index (χ0) is 18.5. The minimum atomic E-state index is -0.923. The molecule has 0 radical (unpaired) electrons. The Bertz CT molecular complexity index is 771. The molecule has 0 bridgehead atoms. The van der Waals surface area contributed by atoms with Crippen molar-refractivity contribution in [3.63, 3.8) is 0 Å². The molecule has 26 heavy (non-hydrogen) atoms. The lowest BCUT2D eigenvalue weighted by Crippen LogP contribution is -2.46. The van der Waals surface area contributed by atoms with Gasteiger partial charge in [0.15, 0.2) is 11.7 Å². The fourth-order valence-corrected chi connectivity index (χ4v) is 3.05. The van der Waals surface area contributed by atoms with Gasteiger partial charge in [-0.3, -0.25) is 9.59 Å². The number of benzene rings is 1. The fourth-order valence-electron chi connectivity index (χ4n) is 3.05. The Morgan fingerprint density at radius 2 is 2.08 bits per heavy atom. The van der Waals surface area contributed by atoms with Crippen LogP contribution in [0.5, 0.6) is 0 Å². The molecule has 0 saturated carbocycles. The van der Waals surface area contributed by atoms with Crippen LogP contribution in [0.3, 0.4) is 0 Å². The molecule has 1 N–H and O–H groups in total. The van der Waals surface area contributed by atoms with Crippen molar-refractivity contribution in [3.05, 3.63) is 41.9 Å². The Hall–Kier alpha value is -2.67. The third kappa shape index (κ3) is 4.49. The molecular formula is C19H22N2O5. The normalized spacial score (nSPS) is 17.3. The molecule has 138 valence electrons. The highest BCUT2D eigenvalue weighted by molar-refractivity contribution is 5.76. The maximum absolute atomic E-state index is 12.4. The van der Waals surface area contributed by atoms with Gasteiger partial charge in [0.25, 0.3) is 0 Å². The largest absolute Gasteiger partial charge is 0.481 e. The number of aryl methyl sites for hydroxylation is 2. The summed E-state index contributed by atoms with van der Waals surface area (Å²) in [6.07, 6.45) is 0.142. The van der Waals surface area contributed by atoms with Crippen LogP contribution in [0.15, 0.2) is 34.7 Å². The lowest BCUT2D eigenvalue weighted by atomic mass is 10.1. The van der Waals surface area contributed by atoms with Gasteiger partial charge in [-0.15, -0.1) is 0 Å². The molecular weight excluding hydrogens is 336 g/mol. The van der Waals surface area contributed by atoms with Gasteiger partial charge in [0.05, 0.1) is 24.8 Å². The van der Waals surface area contributed by atoms with Crippen molar-refractivity contribution < 1.29 is 23.8 Å². The number of carboxylic acids is 1. The van der Waals surface area contributed by atoms with Gasteiger partial charge in [0.2, 0.25) is 5.91 Å². The van der Waals surface area contributed by atoms with E-state index in [1.807, 2.05) is 37.3 Å². The molecule has 1 aliphatic rings. The highest BCUT2D eigenvalue weighted by Crippen LogP contribution is 2.24. The Labute approximate surface area is 151 Å². The lowest BCUT2D eigenvalue weighted by Gasteiger charge is -2.32. The average molecular weight is 358 g/mol. The molecule has 7 heteroatoms. The average Bonchev–Trinajstić information content (AvgIpc) is 3.01. The van der Waals surface area contributed by atoms with Crippen LogP contribution in [0.2, 0.25) is 0 Å². The summed E-state index contributed by atoms with van der Waals surface area (Å²) in [6, 6.07) is 9.73. The quantitative estimate of drug-likeness (QED) is 0.852. The molecule has 0 unspecified atom stereocenters. The number of ether oxygens (including phenoxy) is 1. The van der Waals surface area contributed by atoms with Crippen LogP contribution in [0.1, 0.15) is 24.4 Å². The first kappa shape index (κ1) is 18.1. The number of carboxylic acid groups (broad SMARTS) is 1. The summed E-state index contributed by atoms with van der Waals surface area (Å²) in [5.74, 6) is 0.291. The van der Waals surface area contributed by atoms with Gasteiger partial charge >= 0.3 is 5.97 Å². The molecule has 1 amide bonds. The molecule has 2 heterocycles. The van der Waals surface area contributed by atoms with Gasteiger partial charge in [-0.2, -0.15) is 0 Å². The first-order valence-electron chi connectivity index (χ1n) is 8.66. The predicted molar refractivity (Wildman–Crippen MR) is 93.6 cm³/mol. The van der Waals surface area contributed by atoms with Gasteiger partial charge in [-0.1, -0.05) is 30.3 Å². The van der Waals surface area contributed by atoms with Crippen molar-refractivity contribution in [2.75, 3.05) is 19.7 Å². The molecule has 0 aliphatic carbocycles. The Balaban J connectivity index is 1.57. The Morgan fingerprint density at radius 1 is 1.31 bits per heavy atom. The second kappa shape index (κ2) is 8.14. The van der Waals surface area contributed by atoms with Gasteiger partial charge < -0.3 is 19.2 Å². The highest BCUT2D eigenvalue weighted by atomic mass is 16.5. The fraction of sp³-hybridized carbons (Fsp3) is 0.421. The lowest BCUT2D eigenvalue weighted by molar-refractivity contribution is -0.147. The van der Waals surface area contributed by atoms with E-state index < -0.39 is 12.1 Å². The zero-order valence-electron chi connectivity index (χ0n) is 14.7. The number of aliphatic carboxylic acids is 1. The number of rotatable bonds is 6. The van der Waals surface area contributed by atoms with E-state index >= 15 is 0 Å². The van der Waals surface area contributed by atoms with Crippen molar-refractivity contribution >= 4 is 11.9 Å². The summed E-state index contributed by atoms with van der Waals surface area (Å²) in [6.45, 7) is 3.04. The molecule has 1 atom stereocenters. The smallest absolute Gasteiger partial charge is 0.306 e. The minimum Gasteiger partial charge on any atom is -0.481 e. The van der Waals surface area contributed by atoms with Crippen molar-refractivity contribution in [2.45, 2.75) is 32.3 Å². The molecule has 7 nitrogen and oxygen atoms in total. The minimum absolute atomic E-state index is 0.0409. The molecule has 0 spiro atoms. The summed E-state index contributed by atoms with van der Waals surface area (Å²) >= 11 is 0. The summed E-state index contributed by atoms with van der Waals surface area (Å²) in [4.78, 5) is 29.3. The first-order valence-corrected chi connectivity index (χ1v) is 8.66. The van der Waals surface area contributed by atoms with Crippen LogP contribution in [-0.4, -0.2) is 52.7 Å². The standard InChI is InChI=1S/C19H22N2O5/c1-13-19(14-5-3-2-4-6-14)26-16(20-13)7-8-17(22)21-9-10-25-15(12-21)11-18(23)24/h2-6,15H,7-12H2,1H3,(H,23,24)/t15-/m0/s1. The third-order valence-electron chi connectivity index (χ3n) is 4.32. The monoisotopic (exact) mass is 358 g/mol. The van der Waals surface area contributed by atoms with Crippen LogP contribution in [-0.2, 0) is 20.7 Å². The number of nitrogens with zero attached hydrogens (tertiary/aromatic N) is 2. The number of amides is 1. The van der Waals surface area contributed by atoms with Gasteiger partial charge in [-0.25, -0.2) is 4.98 Å². The number of aromatic nitrogens is 1. The number of oxazole rings is 1. The molecule has 1 fully saturated rings. The van der Waals surface area contributed by atoms with E-state index in [-0.39, 0.29) is 18.7 Å². The number of morpholine rings is 1. The van der Waals surface area contributed by atoms with Gasteiger partial charge in [0, 0.05) is 31.5 Å². The van der Waals surface area contributed by atoms with Gasteiger partial charge in [0.1, 0.15) is 0 Å². The van der Waals surface area contributed by atoms with Crippen molar-refractivity contribution in [1.29, 1.82) is 0 Å². The second-order valence-electron chi connectivity index (χ2n) is 6.32. The number of hydrogen-bond acceptors (Lipinski definition) is 5. The molecule has 1 saturated heterocycles. The number of carbonyl (C=O) groups is 2. The highest BCUT2D eigenvalue weighted by Gasteiger charge is 2.26. The SMILES string of the molecule is Cc1nc(CCC(=O)N2CCO[C@@H](CC(=O)O)C2)oc1-c1ccccc1. The Kier molecular flexibility index (Phi) is 5.68. The van der Waals surface area contributed by atoms with Crippen molar-refractivity contribution in [1.82, 2.24) is 9.88 Å². The maximum atomic E-state index is 12.4. The number of hydrogen-bond donors (Lipinski definition) is 1. The second-order valence-corrected chi connectivity index (χ2v) is 6.32. The summed E-state index contributed by atoms with van der Waals surface area (Å²) in [7, 11) is 0. The van der Waals surface area contributed by atoms with Crippen molar-refractivity contribution in [3.8, 4) is 11.3 Å². The molecule has 1 aromatic carbocycles. The van der Waals surface area contributed by atoms with Crippen LogP contribution >= 0.6 is 0 Å². The molecule has 3 rings (SSSR count). The predicted octanol–water partition coefficient (Wildman–Crippen LogP) is 2.28. The van der Waals surface area contributed by atoms with Crippen LogP contribution in [0.4, 0.5) is 0 Å². The van der Waals surface area contributed by atoms with E-state index in [2.05, 4.69) is 4.98 Å². The summed E-state index contributed by atoms with van der Waals surface area (Å²) in [5.41, 5.74) is 1.76. The third-order valence-corrected chi connectivity index (χ3v) is 4.32. The van der Waals surface area contributed by atoms with Crippen LogP contribution < -0.4 is 0 Å². The molecule has 1 aromatic heterocycles. The van der Waals surface area contributed by atoms with E-state index in [1.54, 1.807) is 4.90 Å². The van der Waals surface area contributed by atoms with Crippen molar-refractivity contribution in [2.24, 2.45) is 0 Å². The summed E-state index contributed by atoms with van der Waals surface area (Å²) < 4.78 is 11.2. The van der Waals surface area contributed by atoms with E-state index in [0.717, 1.165) is 17.0 Å². The summed E-state index contributed by atoms with van der Waals surface area (Å²) in [5, 5.41) is 8.86. The van der Waals surface area contributed by atoms with Crippen LogP contribution in [0, 0.1) is 6.92 Å². The van der Waals surface area contributed by atoms with Gasteiger partial charge in [-0.05, 0) is 6.92 Å². The van der Waals surface area contributed by atoms with E-state index in [9.17, 15) is 9.59 Å². The Morgan fingerprint density at radius 3 is 2.81 bits per heavy atom. The van der Waals surface area contributed by atoms with Crippen LogP contribution in [0.25, 0.3) is 11.3 Å². The topological polar surface area (TPSA) is 92.9 Å². The molecule has 2 aromatic rings. The maximum Gasteiger partial charge on any atom is 0.306 e. The van der Waals surface area contributed by atoms with E-state index in [1.165, 1.54) is 0 Å². The number of carbonyl (C=O) groups excluding carboxylic acids is 1. The zero-order valence-corrected chi connectivity index (χ0v) is 14.7. The van der Waals surface area contributed by atoms with E-state index in [0.29, 0.717) is 32.0 Å². The van der Waals surface area contributed by atoms with E-state index in [4.69, 9.17) is 14.3 Å².